The third-order valence-electron chi connectivity index (χ3n) is 4.10. The van der Waals surface area contributed by atoms with Crippen molar-refractivity contribution in [3.63, 3.8) is 0 Å². The fourth-order valence-electron chi connectivity index (χ4n) is 2.57. The molecule has 154 valence electrons. The van der Waals surface area contributed by atoms with Crippen LogP contribution in [0.25, 0.3) is 4.85 Å². The summed E-state index contributed by atoms with van der Waals surface area (Å²) in [7, 11) is -4.17. The number of carbonyl (C=O) groups excluding carboxylic acids is 1. The molecular formula is C19H15F4NO4S. The Bertz CT molecular complexity index is 1070. The van der Waals surface area contributed by atoms with E-state index in [1.54, 1.807) is 0 Å². The predicted octanol–water partition coefficient (Wildman–Crippen LogP) is 3.73. The summed E-state index contributed by atoms with van der Waals surface area (Å²) in [5.41, 5.74) is -4.39. The van der Waals surface area contributed by atoms with Crippen molar-refractivity contribution in [2.24, 2.45) is 0 Å². The first kappa shape index (κ1) is 22.5. The molecular weight excluding hydrogens is 414 g/mol. The highest BCUT2D eigenvalue weighted by molar-refractivity contribution is 7.91. The quantitative estimate of drug-likeness (QED) is 0.431. The van der Waals surface area contributed by atoms with E-state index in [-0.39, 0.29) is 10.5 Å². The largest absolute Gasteiger partial charge is 0.407 e. The summed E-state index contributed by atoms with van der Waals surface area (Å²) in [5.74, 6) is -2.72. The first-order valence-corrected chi connectivity index (χ1v) is 9.73. The van der Waals surface area contributed by atoms with E-state index in [2.05, 4.69) is 4.85 Å². The fourth-order valence-corrected chi connectivity index (χ4v) is 4.19. The van der Waals surface area contributed by atoms with Gasteiger partial charge in [-0.3, -0.25) is 4.79 Å². The van der Waals surface area contributed by atoms with Gasteiger partial charge in [-0.05, 0) is 36.8 Å². The van der Waals surface area contributed by atoms with E-state index in [0.717, 1.165) is 43.3 Å². The zero-order valence-corrected chi connectivity index (χ0v) is 15.8. The summed E-state index contributed by atoms with van der Waals surface area (Å²) >= 11 is 0. The summed E-state index contributed by atoms with van der Waals surface area (Å²) in [6, 6.07) is 6.42. The van der Waals surface area contributed by atoms with Gasteiger partial charge in [0.15, 0.2) is 21.3 Å². The van der Waals surface area contributed by atoms with Crippen molar-refractivity contribution in [3.8, 4) is 0 Å². The Hall–Kier alpha value is -2.77. The standard InChI is InChI=1S/C19H15F4NO4S/c1-18(26,11-29(27,28)14-6-4-13(20)5-7-14)17(25)10-12-3-8-16(24-2)15(9-12)19(21,22)23/h3-9,26H,10-11H2,1H3. The summed E-state index contributed by atoms with van der Waals surface area (Å²) in [4.78, 5) is 14.9. The smallest absolute Gasteiger partial charge is 0.381 e. The van der Waals surface area contributed by atoms with Crippen LogP contribution in [0.2, 0.25) is 0 Å². The monoisotopic (exact) mass is 429 g/mol. The molecule has 0 saturated carbocycles. The number of hydrogen-bond donors (Lipinski definition) is 1. The van der Waals surface area contributed by atoms with E-state index in [0.29, 0.717) is 6.07 Å². The summed E-state index contributed by atoms with van der Waals surface area (Å²) in [6.45, 7) is 7.74. The Morgan fingerprint density at radius 3 is 2.24 bits per heavy atom. The number of carbonyl (C=O) groups is 1. The van der Waals surface area contributed by atoms with Crippen LogP contribution < -0.4 is 0 Å². The predicted molar refractivity (Wildman–Crippen MR) is 95.5 cm³/mol. The van der Waals surface area contributed by atoms with Gasteiger partial charge in [0.1, 0.15) is 11.4 Å². The lowest BCUT2D eigenvalue weighted by Gasteiger charge is -2.22. The van der Waals surface area contributed by atoms with E-state index in [4.69, 9.17) is 6.57 Å². The van der Waals surface area contributed by atoms with Gasteiger partial charge in [0.25, 0.3) is 0 Å². The highest BCUT2D eigenvalue weighted by Crippen LogP contribution is 2.37. The van der Waals surface area contributed by atoms with Gasteiger partial charge < -0.3 is 5.11 Å². The molecule has 10 heteroatoms. The number of nitrogens with zero attached hydrogens (tertiary/aromatic N) is 1. The molecule has 0 saturated heterocycles. The number of aliphatic hydroxyl groups is 1. The Morgan fingerprint density at radius 1 is 1.14 bits per heavy atom. The highest BCUT2D eigenvalue weighted by atomic mass is 32.2. The molecule has 5 nitrogen and oxygen atoms in total. The molecule has 1 N–H and O–H groups in total. The van der Waals surface area contributed by atoms with Crippen LogP contribution in [0.5, 0.6) is 0 Å². The van der Waals surface area contributed by atoms with Crippen LogP contribution >= 0.6 is 0 Å². The van der Waals surface area contributed by atoms with Gasteiger partial charge in [0, 0.05) is 6.42 Å². The second-order valence-corrected chi connectivity index (χ2v) is 8.54. The molecule has 0 aromatic heterocycles. The molecule has 2 aromatic carbocycles. The van der Waals surface area contributed by atoms with Gasteiger partial charge in [-0.1, -0.05) is 18.2 Å². The number of alkyl halides is 3. The topological polar surface area (TPSA) is 75.8 Å². The molecule has 0 aliphatic heterocycles. The number of Topliss-reactive ketones (excluding diaryl/α,β-unsaturated/α-hetero) is 1. The Balaban J connectivity index is 2.25. The van der Waals surface area contributed by atoms with Crippen LogP contribution in [0.1, 0.15) is 18.1 Å². The highest BCUT2D eigenvalue weighted by Gasteiger charge is 2.37. The molecule has 1 unspecified atom stereocenters. The maximum Gasteiger partial charge on any atom is 0.407 e. The fraction of sp³-hybridized carbons (Fsp3) is 0.263. The van der Waals surface area contributed by atoms with Crippen molar-refractivity contribution in [2.45, 2.75) is 30.0 Å². The minimum Gasteiger partial charge on any atom is -0.381 e. The van der Waals surface area contributed by atoms with Crippen molar-refractivity contribution in [1.82, 2.24) is 0 Å². The van der Waals surface area contributed by atoms with Crippen molar-refractivity contribution < 1.29 is 35.9 Å². The molecule has 0 amide bonds. The van der Waals surface area contributed by atoms with E-state index in [9.17, 15) is 35.9 Å². The third-order valence-corrected chi connectivity index (χ3v) is 6.03. The average Bonchev–Trinajstić information content (AvgIpc) is 2.60. The van der Waals surface area contributed by atoms with Crippen LogP contribution in [0.3, 0.4) is 0 Å². The number of benzene rings is 2. The van der Waals surface area contributed by atoms with Gasteiger partial charge in [0.05, 0.1) is 22.8 Å². The second-order valence-electron chi connectivity index (χ2n) is 6.55. The van der Waals surface area contributed by atoms with E-state index >= 15 is 0 Å². The number of ketones is 1. The zero-order chi connectivity index (χ0) is 22.0. The van der Waals surface area contributed by atoms with Gasteiger partial charge in [-0.15, -0.1) is 0 Å². The molecule has 0 fully saturated rings. The van der Waals surface area contributed by atoms with Crippen molar-refractivity contribution >= 4 is 21.3 Å². The van der Waals surface area contributed by atoms with Crippen molar-refractivity contribution in [3.05, 3.63) is 70.8 Å². The Labute approximate surface area is 164 Å². The number of hydrogen-bond acceptors (Lipinski definition) is 4. The Kier molecular flexibility index (Phi) is 6.15. The number of sulfone groups is 1. The summed E-state index contributed by atoms with van der Waals surface area (Å²) < 4.78 is 76.8. The van der Waals surface area contributed by atoms with Crippen LogP contribution in [0.15, 0.2) is 47.4 Å². The Morgan fingerprint density at radius 2 is 1.72 bits per heavy atom. The second kappa shape index (κ2) is 7.93. The minimum atomic E-state index is -4.81. The zero-order valence-electron chi connectivity index (χ0n) is 15.0. The molecule has 29 heavy (non-hydrogen) atoms. The summed E-state index contributed by atoms with van der Waals surface area (Å²) in [5, 5.41) is 10.4. The van der Waals surface area contributed by atoms with Crippen molar-refractivity contribution in [1.29, 1.82) is 0 Å². The maximum atomic E-state index is 13.0. The van der Waals surface area contributed by atoms with Crippen LogP contribution in [-0.2, 0) is 27.2 Å². The lowest BCUT2D eigenvalue weighted by Crippen LogP contribution is -2.43. The van der Waals surface area contributed by atoms with Gasteiger partial charge >= 0.3 is 6.18 Å². The molecule has 2 rings (SSSR count). The first-order chi connectivity index (χ1) is 13.3. The van der Waals surface area contributed by atoms with Gasteiger partial charge in [0.2, 0.25) is 0 Å². The normalized spacial score (nSPS) is 14.1. The van der Waals surface area contributed by atoms with Crippen LogP contribution in [0, 0.1) is 12.4 Å². The van der Waals surface area contributed by atoms with E-state index < -0.39 is 56.6 Å². The third kappa shape index (κ3) is 5.40. The molecule has 0 radical (unpaired) electrons. The lowest BCUT2D eigenvalue weighted by molar-refractivity contribution is -0.137. The molecule has 2 aromatic rings. The van der Waals surface area contributed by atoms with Gasteiger partial charge in [-0.2, -0.15) is 13.2 Å². The number of rotatable bonds is 6. The lowest BCUT2D eigenvalue weighted by atomic mass is 9.95. The van der Waals surface area contributed by atoms with Crippen molar-refractivity contribution in [2.75, 3.05) is 5.75 Å². The number of halogens is 4. The minimum absolute atomic E-state index is 0.130. The van der Waals surface area contributed by atoms with Crippen LogP contribution in [0.4, 0.5) is 23.2 Å². The van der Waals surface area contributed by atoms with E-state index in [1.165, 1.54) is 0 Å². The molecule has 0 aliphatic carbocycles. The molecule has 1 atom stereocenters. The molecule has 0 spiro atoms. The molecule has 0 aliphatic rings. The SMILES string of the molecule is [C-]#[N+]c1ccc(CC(=O)C(C)(O)CS(=O)(=O)c2ccc(F)cc2)cc1C(F)(F)F. The average molecular weight is 429 g/mol. The maximum absolute atomic E-state index is 13.0. The summed E-state index contributed by atoms with van der Waals surface area (Å²) in [6.07, 6.45) is -5.49. The first-order valence-electron chi connectivity index (χ1n) is 8.08. The molecule has 0 bridgehead atoms. The van der Waals surface area contributed by atoms with Crippen LogP contribution in [-0.4, -0.2) is 30.7 Å². The van der Waals surface area contributed by atoms with Gasteiger partial charge in [-0.25, -0.2) is 17.7 Å². The molecule has 0 heterocycles. The van der Waals surface area contributed by atoms with E-state index in [1.807, 2.05) is 0 Å².